The fourth-order valence-corrected chi connectivity index (χ4v) is 2.45. The highest BCUT2D eigenvalue weighted by Crippen LogP contribution is 2.39. The Balaban J connectivity index is 2.74. The molecule has 8 heteroatoms. The first-order valence-electron chi connectivity index (χ1n) is 6.26. The summed E-state index contributed by atoms with van der Waals surface area (Å²) in [4.78, 5) is 8.04. The third-order valence-corrected chi connectivity index (χ3v) is 3.42. The van der Waals surface area contributed by atoms with Crippen molar-refractivity contribution in [3.63, 3.8) is 0 Å². The molecule has 0 saturated carbocycles. The molecule has 0 amide bonds. The molecule has 0 aliphatic rings. The van der Waals surface area contributed by atoms with Crippen LogP contribution in [0.2, 0.25) is 5.15 Å². The van der Waals surface area contributed by atoms with Crippen LogP contribution in [0.25, 0.3) is 11.1 Å². The molecule has 0 saturated heterocycles. The molecule has 0 N–H and O–H groups in total. The van der Waals surface area contributed by atoms with Crippen molar-refractivity contribution in [2.24, 2.45) is 0 Å². The molecule has 0 fully saturated rings. The minimum absolute atomic E-state index is 0.0521. The topological polar surface area (TPSA) is 35.0 Å². The second kappa shape index (κ2) is 6.75. The van der Waals surface area contributed by atoms with Crippen molar-refractivity contribution >= 4 is 23.4 Å². The first kappa shape index (κ1) is 16.9. The van der Waals surface area contributed by atoms with E-state index in [2.05, 4.69) is 9.97 Å². The predicted molar refractivity (Wildman–Crippen MR) is 79.9 cm³/mol. The lowest BCUT2D eigenvalue weighted by molar-refractivity contribution is 0.231. The number of hydrogen-bond acceptors (Lipinski definition) is 4. The third-order valence-electron chi connectivity index (χ3n) is 2.60. The van der Waals surface area contributed by atoms with Crippen LogP contribution >= 0.6 is 23.4 Å². The van der Waals surface area contributed by atoms with Gasteiger partial charge in [-0.05, 0) is 20.1 Å². The molecule has 1 heterocycles. The normalized spacial score (nSPS) is 11.1. The highest BCUT2D eigenvalue weighted by Gasteiger charge is 2.24. The van der Waals surface area contributed by atoms with Crippen LogP contribution in [0.3, 0.4) is 0 Å². The van der Waals surface area contributed by atoms with E-state index in [0.29, 0.717) is 17.3 Å². The molecular weight excluding hydrogens is 337 g/mol. The largest absolute Gasteiger partial charge is 0.474 e. The van der Waals surface area contributed by atoms with Gasteiger partial charge in [0, 0.05) is 12.1 Å². The summed E-state index contributed by atoms with van der Waals surface area (Å²) in [5.41, 5.74) is -0.655. The van der Waals surface area contributed by atoms with Crippen LogP contribution in [-0.4, -0.2) is 22.3 Å². The van der Waals surface area contributed by atoms with Crippen LogP contribution in [0.15, 0.2) is 17.3 Å². The Hall–Kier alpha value is -1.47. The fourth-order valence-electron chi connectivity index (χ4n) is 1.79. The van der Waals surface area contributed by atoms with Crippen molar-refractivity contribution in [2.45, 2.75) is 25.1 Å². The van der Waals surface area contributed by atoms with E-state index in [1.165, 1.54) is 11.8 Å². The smallest absolute Gasteiger partial charge is 0.227 e. The molecular formula is C14H12ClF3N2OS. The van der Waals surface area contributed by atoms with Gasteiger partial charge in [0.25, 0.3) is 0 Å². The van der Waals surface area contributed by atoms with Gasteiger partial charge in [-0.15, -0.1) is 0 Å². The summed E-state index contributed by atoms with van der Waals surface area (Å²) in [5, 5.41) is 0.131. The maximum Gasteiger partial charge on any atom is 0.227 e. The number of hydrogen-bond donors (Lipinski definition) is 0. The van der Waals surface area contributed by atoms with Crippen LogP contribution in [0.5, 0.6) is 5.88 Å². The molecule has 0 atom stereocenters. The van der Waals surface area contributed by atoms with Crippen LogP contribution in [0, 0.1) is 17.5 Å². The van der Waals surface area contributed by atoms with Crippen molar-refractivity contribution in [3.05, 3.63) is 34.7 Å². The summed E-state index contributed by atoms with van der Waals surface area (Å²) in [6.07, 6.45) is 1.43. The van der Waals surface area contributed by atoms with Gasteiger partial charge in [-0.25, -0.2) is 18.2 Å². The van der Waals surface area contributed by atoms with Gasteiger partial charge >= 0.3 is 0 Å². The summed E-state index contributed by atoms with van der Waals surface area (Å²) in [6, 6.07) is 1.13. The molecule has 2 aromatic rings. The lowest BCUT2D eigenvalue weighted by Crippen LogP contribution is -2.10. The standard InChI is InChI=1S/C14H12ClF3N2OS/c1-6(2)21-13-11(12(15)19-14(20-13)22-3)10-8(17)4-7(16)5-9(10)18/h4-6H,1-3H3. The quantitative estimate of drug-likeness (QED) is 0.455. The lowest BCUT2D eigenvalue weighted by Gasteiger charge is -2.16. The van der Waals surface area contributed by atoms with Crippen molar-refractivity contribution in [2.75, 3.05) is 6.26 Å². The van der Waals surface area contributed by atoms with Crippen molar-refractivity contribution in [3.8, 4) is 17.0 Å². The highest BCUT2D eigenvalue weighted by molar-refractivity contribution is 7.98. The van der Waals surface area contributed by atoms with Gasteiger partial charge in [0.05, 0.1) is 17.2 Å². The Kier molecular flexibility index (Phi) is 5.18. The van der Waals surface area contributed by atoms with E-state index < -0.39 is 23.0 Å². The Bertz CT molecular complexity index is 690. The van der Waals surface area contributed by atoms with E-state index in [1.54, 1.807) is 20.1 Å². The van der Waals surface area contributed by atoms with Gasteiger partial charge in [-0.2, -0.15) is 4.98 Å². The average molecular weight is 349 g/mol. The summed E-state index contributed by atoms with van der Waals surface area (Å²) in [6.45, 7) is 3.46. The molecule has 0 unspecified atom stereocenters. The van der Waals surface area contributed by atoms with E-state index in [1.807, 2.05) is 0 Å². The van der Waals surface area contributed by atoms with E-state index in [4.69, 9.17) is 16.3 Å². The molecule has 0 bridgehead atoms. The number of halogens is 4. The molecule has 0 aliphatic carbocycles. The number of thioether (sulfide) groups is 1. The van der Waals surface area contributed by atoms with E-state index in [-0.39, 0.29) is 22.7 Å². The number of nitrogens with zero attached hydrogens (tertiary/aromatic N) is 2. The first-order chi connectivity index (χ1) is 10.3. The number of rotatable bonds is 4. The van der Waals surface area contributed by atoms with E-state index in [0.717, 1.165) is 0 Å². The third kappa shape index (κ3) is 3.47. The second-order valence-electron chi connectivity index (χ2n) is 4.59. The summed E-state index contributed by atoms with van der Waals surface area (Å²) in [5.74, 6) is -3.28. The maximum absolute atomic E-state index is 14.0. The van der Waals surface area contributed by atoms with Crippen molar-refractivity contribution < 1.29 is 17.9 Å². The minimum atomic E-state index is -1.10. The zero-order valence-electron chi connectivity index (χ0n) is 12.0. The van der Waals surface area contributed by atoms with Crippen molar-refractivity contribution in [1.82, 2.24) is 9.97 Å². The number of aromatic nitrogens is 2. The van der Waals surface area contributed by atoms with Crippen molar-refractivity contribution in [1.29, 1.82) is 0 Å². The first-order valence-corrected chi connectivity index (χ1v) is 7.86. The van der Waals surface area contributed by atoms with Crippen LogP contribution < -0.4 is 4.74 Å². The van der Waals surface area contributed by atoms with Gasteiger partial charge in [-0.3, -0.25) is 0 Å². The molecule has 1 aromatic carbocycles. The van der Waals surface area contributed by atoms with Gasteiger partial charge < -0.3 is 4.74 Å². The Morgan fingerprint density at radius 2 is 1.68 bits per heavy atom. The summed E-state index contributed by atoms with van der Waals surface area (Å²) >= 11 is 7.25. The van der Waals surface area contributed by atoms with Gasteiger partial charge in [0.15, 0.2) is 5.16 Å². The SMILES string of the molecule is CSc1nc(Cl)c(-c2c(F)cc(F)cc2F)c(OC(C)C)n1. The van der Waals surface area contributed by atoms with Crippen LogP contribution in [-0.2, 0) is 0 Å². The van der Waals surface area contributed by atoms with Crippen LogP contribution in [0.1, 0.15) is 13.8 Å². The molecule has 118 valence electrons. The zero-order valence-corrected chi connectivity index (χ0v) is 13.5. The molecule has 0 spiro atoms. The number of benzene rings is 1. The maximum atomic E-state index is 14.0. The zero-order chi connectivity index (χ0) is 16.4. The van der Waals surface area contributed by atoms with Gasteiger partial charge in [0.2, 0.25) is 5.88 Å². The molecule has 22 heavy (non-hydrogen) atoms. The Morgan fingerprint density at radius 3 is 2.18 bits per heavy atom. The number of ether oxygens (including phenoxy) is 1. The van der Waals surface area contributed by atoms with Crippen LogP contribution in [0.4, 0.5) is 13.2 Å². The highest BCUT2D eigenvalue weighted by atomic mass is 35.5. The molecule has 0 radical (unpaired) electrons. The minimum Gasteiger partial charge on any atom is -0.474 e. The van der Waals surface area contributed by atoms with E-state index in [9.17, 15) is 13.2 Å². The monoisotopic (exact) mass is 348 g/mol. The Labute approximate surface area is 134 Å². The van der Waals surface area contributed by atoms with Gasteiger partial charge in [-0.1, -0.05) is 23.4 Å². The summed E-state index contributed by atoms with van der Waals surface area (Å²) < 4.78 is 46.6. The fraction of sp³-hybridized carbons (Fsp3) is 0.286. The van der Waals surface area contributed by atoms with Gasteiger partial charge in [0.1, 0.15) is 22.6 Å². The van der Waals surface area contributed by atoms with E-state index >= 15 is 0 Å². The average Bonchev–Trinajstić information content (AvgIpc) is 2.39. The Morgan fingerprint density at radius 1 is 1.09 bits per heavy atom. The predicted octanol–water partition coefficient (Wildman–Crippen LogP) is 4.72. The molecule has 3 nitrogen and oxygen atoms in total. The molecule has 1 aromatic heterocycles. The second-order valence-corrected chi connectivity index (χ2v) is 5.72. The summed E-state index contributed by atoms with van der Waals surface area (Å²) in [7, 11) is 0. The lowest BCUT2D eigenvalue weighted by atomic mass is 10.1. The molecule has 2 rings (SSSR count). The molecule has 0 aliphatic heterocycles.